The van der Waals surface area contributed by atoms with Gasteiger partial charge in [-0.3, -0.25) is 0 Å². The lowest BCUT2D eigenvalue weighted by Crippen LogP contribution is -1.91. The molecule has 0 fully saturated rings. The van der Waals surface area contributed by atoms with E-state index in [9.17, 15) is 0 Å². The van der Waals surface area contributed by atoms with Gasteiger partial charge in [0, 0.05) is 17.5 Å². The van der Waals surface area contributed by atoms with Gasteiger partial charge in [0.25, 0.3) is 0 Å². The summed E-state index contributed by atoms with van der Waals surface area (Å²) in [5, 5.41) is 0. The van der Waals surface area contributed by atoms with Crippen molar-refractivity contribution >= 4 is 0 Å². The zero-order valence-electron chi connectivity index (χ0n) is 10.6. The Kier molecular flexibility index (Phi) is 2.71. The van der Waals surface area contributed by atoms with Crippen LogP contribution in [0, 0.1) is 13.5 Å². The first-order chi connectivity index (χ1) is 8.79. The molecule has 0 atom stereocenters. The lowest BCUT2D eigenvalue weighted by Gasteiger charge is -2.12. The number of hydrogen-bond donors (Lipinski definition) is 0. The Morgan fingerprint density at radius 1 is 1.11 bits per heavy atom. The molecule has 0 saturated heterocycles. The van der Waals surface area contributed by atoms with Gasteiger partial charge in [0.05, 0.1) is 7.11 Å². The molecule has 0 aromatic heterocycles. The van der Waals surface area contributed by atoms with Crippen LogP contribution in [0.4, 0.5) is 0 Å². The predicted molar refractivity (Wildman–Crippen MR) is 71.8 cm³/mol. The second-order valence-corrected chi connectivity index (χ2v) is 4.47. The SMILES string of the molecule is COc1cc2c(c(-c3ccccc3C)c1)O[CH]C2. The van der Waals surface area contributed by atoms with Gasteiger partial charge in [-0.1, -0.05) is 24.3 Å². The smallest absolute Gasteiger partial charge is 0.140 e. The highest BCUT2D eigenvalue weighted by Gasteiger charge is 2.20. The molecule has 1 aliphatic heterocycles. The Hall–Kier alpha value is -1.96. The summed E-state index contributed by atoms with van der Waals surface area (Å²) in [6, 6.07) is 12.4. The molecule has 1 aliphatic rings. The topological polar surface area (TPSA) is 18.5 Å². The highest BCUT2D eigenvalue weighted by molar-refractivity contribution is 5.77. The van der Waals surface area contributed by atoms with Gasteiger partial charge in [-0.2, -0.15) is 0 Å². The molecule has 0 saturated carbocycles. The van der Waals surface area contributed by atoms with Crippen molar-refractivity contribution in [2.45, 2.75) is 13.3 Å². The summed E-state index contributed by atoms with van der Waals surface area (Å²) in [7, 11) is 1.70. The van der Waals surface area contributed by atoms with E-state index in [2.05, 4.69) is 19.1 Å². The van der Waals surface area contributed by atoms with Gasteiger partial charge in [0.15, 0.2) is 0 Å². The highest BCUT2D eigenvalue weighted by Crippen LogP contribution is 2.41. The third-order valence-electron chi connectivity index (χ3n) is 3.31. The number of hydrogen-bond acceptors (Lipinski definition) is 2. The van der Waals surface area contributed by atoms with Gasteiger partial charge in [-0.05, 0) is 30.2 Å². The summed E-state index contributed by atoms with van der Waals surface area (Å²) in [6.45, 7) is 3.95. The molecule has 2 nitrogen and oxygen atoms in total. The Morgan fingerprint density at radius 3 is 2.72 bits per heavy atom. The Balaban J connectivity index is 2.23. The summed E-state index contributed by atoms with van der Waals surface area (Å²) < 4.78 is 11.0. The van der Waals surface area contributed by atoms with E-state index in [1.54, 1.807) is 7.11 Å². The monoisotopic (exact) mass is 239 g/mol. The van der Waals surface area contributed by atoms with E-state index in [-0.39, 0.29) is 0 Å². The van der Waals surface area contributed by atoms with Crippen LogP contribution in [0.1, 0.15) is 11.1 Å². The van der Waals surface area contributed by atoms with Crippen molar-refractivity contribution in [3.8, 4) is 22.6 Å². The lowest BCUT2D eigenvalue weighted by molar-refractivity contribution is 0.413. The van der Waals surface area contributed by atoms with Crippen molar-refractivity contribution < 1.29 is 9.47 Å². The van der Waals surface area contributed by atoms with Crippen LogP contribution in [0.3, 0.4) is 0 Å². The minimum Gasteiger partial charge on any atom is -0.497 e. The van der Waals surface area contributed by atoms with Crippen LogP contribution in [-0.4, -0.2) is 7.11 Å². The molecule has 1 radical (unpaired) electrons. The van der Waals surface area contributed by atoms with Crippen LogP contribution in [0.2, 0.25) is 0 Å². The van der Waals surface area contributed by atoms with Gasteiger partial charge in [-0.25, -0.2) is 0 Å². The fourth-order valence-corrected chi connectivity index (χ4v) is 2.36. The summed E-state index contributed by atoms with van der Waals surface area (Å²) in [5.41, 5.74) is 4.73. The average molecular weight is 239 g/mol. The molecule has 0 N–H and O–H groups in total. The van der Waals surface area contributed by atoms with E-state index >= 15 is 0 Å². The van der Waals surface area contributed by atoms with Gasteiger partial charge in [-0.15, -0.1) is 0 Å². The maximum absolute atomic E-state index is 5.66. The Labute approximate surface area is 107 Å². The van der Waals surface area contributed by atoms with Crippen molar-refractivity contribution in [3.63, 3.8) is 0 Å². The molecule has 0 amide bonds. The van der Waals surface area contributed by atoms with Crippen molar-refractivity contribution in [2.24, 2.45) is 0 Å². The molecule has 0 bridgehead atoms. The summed E-state index contributed by atoms with van der Waals surface area (Å²) in [5.74, 6) is 1.84. The van der Waals surface area contributed by atoms with Crippen LogP contribution in [0.15, 0.2) is 36.4 Å². The third kappa shape index (κ3) is 1.74. The number of fused-ring (bicyclic) bond motifs is 1. The first-order valence-electron chi connectivity index (χ1n) is 6.05. The highest BCUT2D eigenvalue weighted by atomic mass is 16.5. The van der Waals surface area contributed by atoms with E-state index in [1.807, 2.05) is 30.9 Å². The van der Waals surface area contributed by atoms with Gasteiger partial charge < -0.3 is 9.47 Å². The van der Waals surface area contributed by atoms with Crippen LogP contribution in [-0.2, 0) is 6.42 Å². The van der Waals surface area contributed by atoms with Crippen LogP contribution in [0.5, 0.6) is 11.5 Å². The maximum atomic E-state index is 5.66. The molecule has 3 rings (SSSR count). The fourth-order valence-electron chi connectivity index (χ4n) is 2.36. The number of rotatable bonds is 2. The van der Waals surface area contributed by atoms with E-state index < -0.39 is 0 Å². The van der Waals surface area contributed by atoms with Gasteiger partial charge >= 0.3 is 0 Å². The minimum absolute atomic E-state index is 0.839. The zero-order valence-corrected chi connectivity index (χ0v) is 10.6. The summed E-state index contributed by atoms with van der Waals surface area (Å²) >= 11 is 0. The first kappa shape index (κ1) is 11.1. The standard InChI is InChI=1S/C16H15O2/c1-11-5-3-4-6-14(11)15-10-13(17-2)9-12-7-8-18-16(12)15/h3-6,8-10H,7H2,1-2H3. The molecule has 2 heteroatoms. The Morgan fingerprint density at radius 2 is 1.94 bits per heavy atom. The van der Waals surface area contributed by atoms with Crippen molar-refractivity contribution in [2.75, 3.05) is 7.11 Å². The summed E-state index contributed by atoms with van der Waals surface area (Å²) in [4.78, 5) is 0. The number of methoxy groups -OCH3 is 1. The van der Waals surface area contributed by atoms with Crippen LogP contribution >= 0.6 is 0 Å². The van der Waals surface area contributed by atoms with Gasteiger partial charge in [0.2, 0.25) is 0 Å². The molecule has 1 heterocycles. The van der Waals surface area contributed by atoms with Crippen LogP contribution < -0.4 is 9.47 Å². The van der Waals surface area contributed by atoms with Crippen molar-refractivity contribution in [1.82, 2.24) is 0 Å². The second-order valence-electron chi connectivity index (χ2n) is 4.47. The van der Waals surface area contributed by atoms with E-state index in [4.69, 9.17) is 9.47 Å². The van der Waals surface area contributed by atoms with Gasteiger partial charge in [0.1, 0.15) is 18.1 Å². The van der Waals surface area contributed by atoms with Crippen molar-refractivity contribution in [3.05, 3.63) is 54.1 Å². The zero-order chi connectivity index (χ0) is 12.5. The Bertz CT molecular complexity index is 588. The molecule has 2 aromatic carbocycles. The lowest BCUT2D eigenvalue weighted by atomic mass is 9.97. The van der Waals surface area contributed by atoms with E-state index in [1.165, 1.54) is 16.7 Å². The molecule has 0 unspecified atom stereocenters. The quantitative estimate of drug-likeness (QED) is 0.794. The fraction of sp³-hybridized carbons (Fsp3) is 0.188. The normalized spacial score (nSPS) is 13.0. The van der Waals surface area contributed by atoms with Crippen molar-refractivity contribution in [1.29, 1.82) is 0 Å². The number of aryl methyl sites for hydroxylation is 1. The first-order valence-corrected chi connectivity index (χ1v) is 6.05. The molecule has 2 aromatic rings. The molecule has 0 aliphatic carbocycles. The van der Waals surface area contributed by atoms with Crippen LogP contribution in [0.25, 0.3) is 11.1 Å². The molecular weight excluding hydrogens is 224 g/mol. The third-order valence-corrected chi connectivity index (χ3v) is 3.31. The molecule has 91 valence electrons. The minimum atomic E-state index is 0.839. The molecule has 0 spiro atoms. The second kappa shape index (κ2) is 4.37. The largest absolute Gasteiger partial charge is 0.497 e. The number of benzene rings is 2. The van der Waals surface area contributed by atoms with E-state index in [0.29, 0.717) is 0 Å². The average Bonchev–Trinajstić information content (AvgIpc) is 2.86. The summed E-state index contributed by atoms with van der Waals surface area (Å²) in [6.07, 6.45) is 0.839. The molecule has 18 heavy (non-hydrogen) atoms. The number of ether oxygens (including phenoxy) is 2. The van der Waals surface area contributed by atoms with E-state index in [0.717, 1.165) is 23.5 Å². The predicted octanol–water partition coefficient (Wildman–Crippen LogP) is 3.77. The maximum Gasteiger partial charge on any atom is 0.140 e. The molecular formula is C16H15O2.